The number of benzene rings is 1. The van der Waals surface area contributed by atoms with Crippen molar-refractivity contribution in [3.05, 3.63) is 23.8 Å². The van der Waals surface area contributed by atoms with E-state index in [0.29, 0.717) is 0 Å². The number of nitrogen functional groups attached to an aromatic ring is 1. The predicted molar refractivity (Wildman–Crippen MR) is 67.1 cm³/mol. The van der Waals surface area contributed by atoms with Crippen molar-refractivity contribution in [1.29, 1.82) is 0 Å². The predicted octanol–water partition coefficient (Wildman–Crippen LogP) is 2.74. The number of hydrogen-bond acceptors (Lipinski definition) is 3. The molecule has 1 aromatic rings. The summed E-state index contributed by atoms with van der Waals surface area (Å²) in [6.45, 7) is 3.07. The fourth-order valence-corrected chi connectivity index (χ4v) is 1.72. The second-order valence-electron chi connectivity index (χ2n) is 3.29. The first-order chi connectivity index (χ1) is 6.75. The molecular weight excluding hydrogens is 192 g/mol. The van der Waals surface area contributed by atoms with Crippen LogP contribution in [0, 0.1) is 6.92 Å². The van der Waals surface area contributed by atoms with Gasteiger partial charge < -0.3 is 11.1 Å². The van der Waals surface area contributed by atoms with Gasteiger partial charge in [-0.1, -0.05) is 6.07 Å². The van der Waals surface area contributed by atoms with E-state index >= 15 is 0 Å². The van der Waals surface area contributed by atoms with Crippen LogP contribution < -0.4 is 11.1 Å². The fraction of sp³-hybridized carbons (Fsp3) is 0.455. The maximum absolute atomic E-state index is 5.81. The molecule has 0 aliphatic heterocycles. The third-order valence-corrected chi connectivity index (χ3v) is 2.91. The zero-order valence-electron chi connectivity index (χ0n) is 8.84. The van der Waals surface area contributed by atoms with Crippen molar-refractivity contribution in [2.45, 2.75) is 13.3 Å². The highest BCUT2D eigenvalue weighted by Gasteiger charge is 1.99. The number of nitrogens with one attached hydrogen (secondary N) is 1. The Hall–Kier alpha value is -0.830. The monoisotopic (exact) mass is 210 g/mol. The van der Waals surface area contributed by atoms with Gasteiger partial charge in [0.2, 0.25) is 0 Å². The number of nitrogens with two attached hydrogens (primary N) is 1. The lowest BCUT2D eigenvalue weighted by atomic mass is 10.1. The highest BCUT2D eigenvalue weighted by atomic mass is 32.2. The molecule has 0 aliphatic rings. The van der Waals surface area contributed by atoms with Gasteiger partial charge in [-0.2, -0.15) is 11.8 Å². The van der Waals surface area contributed by atoms with Crippen LogP contribution in [-0.4, -0.2) is 18.6 Å². The Bertz CT molecular complexity index is 287. The van der Waals surface area contributed by atoms with Gasteiger partial charge in [0, 0.05) is 17.9 Å². The summed E-state index contributed by atoms with van der Waals surface area (Å²) in [5.41, 5.74) is 8.98. The smallest absolute Gasteiger partial charge is 0.0390 e. The van der Waals surface area contributed by atoms with Crippen molar-refractivity contribution in [2.24, 2.45) is 0 Å². The van der Waals surface area contributed by atoms with E-state index in [9.17, 15) is 0 Å². The summed E-state index contributed by atoms with van der Waals surface area (Å²) in [5.74, 6) is 1.20. The van der Waals surface area contributed by atoms with E-state index in [1.54, 1.807) is 0 Å². The highest BCUT2D eigenvalue weighted by molar-refractivity contribution is 7.98. The number of rotatable bonds is 5. The van der Waals surface area contributed by atoms with E-state index in [4.69, 9.17) is 5.73 Å². The van der Waals surface area contributed by atoms with Gasteiger partial charge in [-0.05, 0) is 43.0 Å². The van der Waals surface area contributed by atoms with E-state index in [0.717, 1.165) is 23.5 Å². The first-order valence-electron chi connectivity index (χ1n) is 4.83. The van der Waals surface area contributed by atoms with Gasteiger partial charge in [0.25, 0.3) is 0 Å². The van der Waals surface area contributed by atoms with E-state index in [-0.39, 0.29) is 0 Å². The normalized spacial score (nSPS) is 10.1. The third-order valence-electron chi connectivity index (χ3n) is 2.22. The molecule has 1 rings (SSSR count). The molecule has 0 spiro atoms. The average Bonchev–Trinajstić information content (AvgIpc) is 2.19. The summed E-state index contributed by atoms with van der Waals surface area (Å²) in [4.78, 5) is 0. The summed E-state index contributed by atoms with van der Waals surface area (Å²) in [7, 11) is 0. The van der Waals surface area contributed by atoms with Crippen LogP contribution >= 0.6 is 11.8 Å². The van der Waals surface area contributed by atoms with Crippen molar-refractivity contribution in [1.82, 2.24) is 0 Å². The van der Waals surface area contributed by atoms with Crippen LogP contribution in [-0.2, 0) is 0 Å². The molecule has 0 fully saturated rings. The van der Waals surface area contributed by atoms with Crippen molar-refractivity contribution in [3.63, 3.8) is 0 Å². The number of hydrogen-bond donors (Lipinski definition) is 2. The maximum atomic E-state index is 5.81. The Balaban J connectivity index is 2.46. The minimum Gasteiger partial charge on any atom is -0.398 e. The highest BCUT2D eigenvalue weighted by Crippen LogP contribution is 2.20. The summed E-state index contributed by atoms with van der Waals surface area (Å²) in [6, 6.07) is 5.99. The Kier molecular flexibility index (Phi) is 4.66. The van der Waals surface area contributed by atoms with Gasteiger partial charge in [0.05, 0.1) is 0 Å². The molecule has 0 radical (unpaired) electrons. The van der Waals surface area contributed by atoms with Gasteiger partial charge in [0.15, 0.2) is 0 Å². The minimum absolute atomic E-state index is 0.861. The summed E-state index contributed by atoms with van der Waals surface area (Å²) in [6.07, 6.45) is 3.32. The zero-order chi connectivity index (χ0) is 10.4. The SMILES string of the molecule is CSCCCNc1cccc(N)c1C. The number of thioether (sulfide) groups is 1. The standard InChI is InChI=1S/C11H18N2S/c1-9-10(12)5-3-6-11(9)13-7-4-8-14-2/h3,5-6,13H,4,7-8,12H2,1-2H3. The van der Waals surface area contributed by atoms with Crippen LogP contribution in [0.4, 0.5) is 11.4 Å². The summed E-state index contributed by atoms with van der Waals surface area (Å²) >= 11 is 1.88. The molecule has 0 unspecified atom stereocenters. The lowest BCUT2D eigenvalue weighted by molar-refractivity contribution is 0.991. The van der Waals surface area contributed by atoms with Crippen LogP contribution in [0.2, 0.25) is 0 Å². The van der Waals surface area contributed by atoms with Gasteiger partial charge in [0.1, 0.15) is 0 Å². The van der Waals surface area contributed by atoms with Crippen LogP contribution in [0.1, 0.15) is 12.0 Å². The molecule has 2 nitrogen and oxygen atoms in total. The zero-order valence-corrected chi connectivity index (χ0v) is 9.66. The fourth-order valence-electron chi connectivity index (χ4n) is 1.28. The van der Waals surface area contributed by atoms with Gasteiger partial charge in [-0.25, -0.2) is 0 Å². The van der Waals surface area contributed by atoms with Crippen LogP contribution in [0.15, 0.2) is 18.2 Å². The van der Waals surface area contributed by atoms with Crippen molar-refractivity contribution >= 4 is 23.1 Å². The molecule has 1 aromatic carbocycles. The molecule has 0 amide bonds. The van der Waals surface area contributed by atoms with E-state index < -0.39 is 0 Å². The molecule has 0 atom stereocenters. The van der Waals surface area contributed by atoms with Crippen molar-refractivity contribution < 1.29 is 0 Å². The van der Waals surface area contributed by atoms with Gasteiger partial charge in [-0.15, -0.1) is 0 Å². The first kappa shape index (κ1) is 11.2. The third kappa shape index (κ3) is 3.14. The molecule has 0 saturated carbocycles. The molecular formula is C11H18N2S. The minimum atomic E-state index is 0.861. The molecule has 0 aliphatic carbocycles. The van der Waals surface area contributed by atoms with E-state index in [1.165, 1.54) is 12.2 Å². The largest absolute Gasteiger partial charge is 0.398 e. The molecule has 3 N–H and O–H groups in total. The molecule has 14 heavy (non-hydrogen) atoms. The van der Waals surface area contributed by atoms with Gasteiger partial charge >= 0.3 is 0 Å². The van der Waals surface area contributed by atoms with Crippen LogP contribution in [0.3, 0.4) is 0 Å². The molecule has 0 saturated heterocycles. The van der Waals surface area contributed by atoms with E-state index in [2.05, 4.69) is 17.6 Å². The molecule has 0 bridgehead atoms. The van der Waals surface area contributed by atoms with Crippen molar-refractivity contribution in [2.75, 3.05) is 29.6 Å². The second-order valence-corrected chi connectivity index (χ2v) is 4.28. The Labute approximate surface area is 90.3 Å². The van der Waals surface area contributed by atoms with Gasteiger partial charge in [-0.3, -0.25) is 0 Å². The average molecular weight is 210 g/mol. The number of anilines is 2. The van der Waals surface area contributed by atoms with Crippen molar-refractivity contribution in [3.8, 4) is 0 Å². The molecule has 0 aromatic heterocycles. The van der Waals surface area contributed by atoms with E-state index in [1.807, 2.05) is 30.8 Å². The second kappa shape index (κ2) is 5.81. The summed E-state index contributed by atoms with van der Waals surface area (Å²) in [5, 5.41) is 3.40. The maximum Gasteiger partial charge on any atom is 0.0390 e. The first-order valence-corrected chi connectivity index (χ1v) is 6.23. The topological polar surface area (TPSA) is 38.0 Å². The molecule has 0 heterocycles. The van der Waals surface area contributed by atoms with Crippen LogP contribution in [0.25, 0.3) is 0 Å². The molecule has 3 heteroatoms. The Morgan fingerprint density at radius 1 is 1.43 bits per heavy atom. The quantitative estimate of drug-likeness (QED) is 0.579. The van der Waals surface area contributed by atoms with Crippen LogP contribution in [0.5, 0.6) is 0 Å². The summed E-state index contributed by atoms with van der Waals surface area (Å²) < 4.78 is 0. The lowest BCUT2D eigenvalue weighted by Crippen LogP contribution is -2.05. The molecule has 78 valence electrons. The lowest BCUT2D eigenvalue weighted by Gasteiger charge is -2.10. The Morgan fingerprint density at radius 3 is 2.93 bits per heavy atom. The Morgan fingerprint density at radius 2 is 2.21 bits per heavy atom.